The summed E-state index contributed by atoms with van der Waals surface area (Å²) in [5.74, 6) is -1.50. The fraction of sp³-hybridized carbons (Fsp3) is 0.364. The molecule has 7 nitrogen and oxygen atoms in total. The molecule has 186 valence electrons. The van der Waals surface area contributed by atoms with Gasteiger partial charge in [0.05, 0.1) is 27.0 Å². The van der Waals surface area contributed by atoms with E-state index in [2.05, 4.69) is 5.32 Å². The Morgan fingerprint density at radius 1 is 1.03 bits per heavy atom. The number of amides is 2. The summed E-state index contributed by atoms with van der Waals surface area (Å²) in [5.41, 5.74) is 0.538. The Morgan fingerprint density at radius 3 is 2.15 bits per heavy atom. The van der Waals surface area contributed by atoms with Crippen LogP contribution in [0.4, 0.5) is 10.1 Å². The molecule has 0 saturated carbocycles. The molecule has 2 aromatic carbocycles. The summed E-state index contributed by atoms with van der Waals surface area (Å²) in [4.78, 5) is 27.4. The minimum Gasteiger partial charge on any atom is -0.355 e. The quantitative estimate of drug-likeness (QED) is 0.440. The molecular formula is C22H25Cl3FN3O4S. The van der Waals surface area contributed by atoms with Gasteiger partial charge in [0, 0.05) is 13.1 Å². The number of halogens is 4. The Kier molecular flexibility index (Phi) is 9.99. The van der Waals surface area contributed by atoms with Crippen LogP contribution >= 0.6 is 34.8 Å². The van der Waals surface area contributed by atoms with Crippen LogP contribution in [0.15, 0.2) is 36.4 Å². The Balaban J connectivity index is 2.49. The van der Waals surface area contributed by atoms with Gasteiger partial charge in [0.1, 0.15) is 18.4 Å². The van der Waals surface area contributed by atoms with Gasteiger partial charge in [-0.2, -0.15) is 0 Å². The highest BCUT2D eigenvalue weighted by Gasteiger charge is 2.32. The molecule has 1 atom stereocenters. The maximum absolute atomic E-state index is 13.5. The van der Waals surface area contributed by atoms with Gasteiger partial charge in [0.15, 0.2) is 0 Å². The summed E-state index contributed by atoms with van der Waals surface area (Å²) in [5, 5.41) is 2.84. The Morgan fingerprint density at radius 2 is 1.62 bits per heavy atom. The van der Waals surface area contributed by atoms with E-state index in [1.165, 1.54) is 41.3 Å². The molecule has 0 aromatic heterocycles. The number of sulfonamides is 1. The number of rotatable bonds is 10. The first-order valence-electron chi connectivity index (χ1n) is 10.3. The van der Waals surface area contributed by atoms with E-state index in [1.807, 2.05) is 0 Å². The molecule has 0 radical (unpaired) electrons. The fourth-order valence-electron chi connectivity index (χ4n) is 3.30. The normalized spacial score (nSPS) is 12.2. The van der Waals surface area contributed by atoms with E-state index in [1.54, 1.807) is 13.8 Å². The minimum absolute atomic E-state index is 0.0199. The van der Waals surface area contributed by atoms with Crippen molar-refractivity contribution in [2.45, 2.75) is 32.9 Å². The van der Waals surface area contributed by atoms with Crippen molar-refractivity contribution in [2.75, 3.05) is 23.7 Å². The number of benzene rings is 2. The van der Waals surface area contributed by atoms with Crippen LogP contribution in [0.1, 0.15) is 25.8 Å². The summed E-state index contributed by atoms with van der Waals surface area (Å²) in [6.07, 6.45) is 1.19. The first-order valence-corrected chi connectivity index (χ1v) is 13.3. The number of anilines is 1. The molecule has 0 spiro atoms. The summed E-state index contributed by atoms with van der Waals surface area (Å²) in [6, 6.07) is 7.11. The lowest BCUT2D eigenvalue weighted by Crippen LogP contribution is -2.52. The largest absolute Gasteiger partial charge is 0.355 e. The lowest BCUT2D eigenvalue weighted by atomic mass is 10.1. The molecule has 0 aliphatic carbocycles. The van der Waals surface area contributed by atoms with Crippen LogP contribution in [0.25, 0.3) is 0 Å². The molecule has 0 aliphatic heterocycles. The lowest BCUT2D eigenvalue weighted by Gasteiger charge is -2.33. The van der Waals surface area contributed by atoms with Gasteiger partial charge in [-0.15, -0.1) is 0 Å². The zero-order valence-corrected chi connectivity index (χ0v) is 21.9. The van der Waals surface area contributed by atoms with E-state index in [-0.39, 0.29) is 39.6 Å². The van der Waals surface area contributed by atoms with Gasteiger partial charge in [-0.25, -0.2) is 12.8 Å². The maximum atomic E-state index is 13.5. The SMILES string of the molecule is CCNC(=O)C(CC)N(Cc1ccc(F)cc1)C(=O)CN(c1cc(Cl)c(Cl)cc1Cl)S(C)(=O)=O. The predicted octanol–water partition coefficient (Wildman–Crippen LogP) is 4.50. The molecule has 0 fully saturated rings. The molecule has 0 saturated heterocycles. The van der Waals surface area contributed by atoms with E-state index in [9.17, 15) is 22.4 Å². The van der Waals surface area contributed by atoms with Gasteiger partial charge in [0.2, 0.25) is 21.8 Å². The van der Waals surface area contributed by atoms with Crippen molar-refractivity contribution in [3.05, 3.63) is 62.8 Å². The van der Waals surface area contributed by atoms with Crippen LogP contribution in [0.2, 0.25) is 15.1 Å². The highest BCUT2D eigenvalue weighted by Crippen LogP contribution is 2.35. The first kappa shape index (κ1) is 28.2. The second kappa shape index (κ2) is 12.1. The lowest BCUT2D eigenvalue weighted by molar-refractivity contribution is -0.140. The molecule has 2 rings (SSSR count). The highest BCUT2D eigenvalue weighted by atomic mass is 35.5. The van der Waals surface area contributed by atoms with Crippen LogP contribution in [0.3, 0.4) is 0 Å². The van der Waals surface area contributed by atoms with E-state index in [0.29, 0.717) is 12.1 Å². The van der Waals surface area contributed by atoms with Crippen molar-refractivity contribution in [1.82, 2.24) is 10.2 Å². The predicted molar refractivity (Wildman–Crippen MR) is 133 cm³/mol. The molecule has 1 N–H and O–H groups in total. The summed E-state index contributed by atoms with van der Waals surface area (Å²) >= 11 is 18.2. The second-order valence-corrected chi connectivity index (χ2v) is 10.6. The van der Waals surface area contributed by atoms with E-state index in [0.717, 1.165) is 10.6 Å². The number of hydrogen-bond acceptors (Lipinski definition) is 4. The summed E-state index contributed by atoms with van der Waals surface area (Å²) < 4.78 is 39.4. The number of nitrogens with zero attached hydrogens (tertiary/aromatic N) is 2. The molecular weight excluding hydrogens is 528 g/mol. The molecule has 2 amide bonds. The topological polar surface area (TPSA) is 86.8 Å². The maximum Gasteiger partial charge on any atom is 0.244 e. The Labute approximate surface area is 213 Å². The Hall–Kier alpha value is -2.07. The van der Waals surface area contributed by atoms with E-state index in [4.69, 9.17) is 34.8 Å². The van der Waals surface area contributed by atoms with Crippen molar-refractivity contribution in [3.63, 3.8) is 0 Å². The summed E-state index contributed by atoms with van der Waals surface area (Å²) in [6.45, 7) is 3.14. The molecule has 12 heteroatoms. The zero-order chi connectivity index (χ0) is 25.6. The Bertz CT molecular complexity index is 1150. The molecule has 0 aliphatic rings. The molecule has 1 unspecified atom stereocenters. The number of likely N-dealkylation sites (N-methyl/N-ethyl adjacent to an activating group) is 1. The van der Waals surface area contributed by atoms with E-state index < -0.39 is 34.3 Å². The number of carbonyl (C=O) groups is 2. The van der Waals surface area contributed by atoms with Crippen molar-refractivity contribution >= 4 is 62.3 Å². The standard InChI is InChI=1S/C22H25Cl3FN3O4S/c1-4-19(22(31)27-5-2)28(12-14-6-8-15(26)9-7-14)21(30)13-29(34(3,32)33)20-11-17(24)16(23)10-18(20)25/h6-11,19H,4-5,12-13H2,1-3H3,(H,27,31). The van der Waals surface area contributed by atoms with Gasteiger partial charge in [-0.1, -0.05) is 53.9 Å². The molecule has 0 bridgehead atoms. The second-order valence-electron chi connectivity index (χ2n) is 7.45. The van der Waals surface area contributed by atoms with Gasteiger partial charge in [-0.3, -0.25) is 13.9 Å². The van der Waals surface area contributed by atoms with Crippen molar-refractivity contribution < 1.29 is 22.4 Å². The van der Waals surface area contributed by atoms with Gasteiger partial charge >= 0.3 is 0 Å². The monoisotopic (exact) mass is 551 g/mol. The average molecular weight is 553 g/mol. The minimum atomic E-state index is -3.99. The average Bonchev–Trinajstić information content (AvgIpc) is 2.75. The van der Waals surface area contributed by atoms with Crippen LogP contribution in [-0.2, 0) is 26.2 Å². The van der Waals surface area contributed by atoms with Gasteiger partial charge < -0.3 is 10.2 Å². The van der Waals surface area contributed by atoms with Crippen molar-refractivity contribution in [3.8, 4) is 0 Å². The molecule has 34 heavy (non-hydrogen) atoms. The van der Waals surface area contributed by atoms with E-state index >= 15 is 0 Å². The fourth-order valence-corrected chi connectivity index (χ4v) is 4.84. The van der Waals surface area contributed by atoms with Crippen molar-refractivity contribution in [1.29, 1.82) is 0 Å². The summed E-state index contributed by atoms with van der Waals surface area (Å²) in [7, 11) is -3.99. The zero-order valence-electron chi connectivity index (χ0n) is 18.8. The molecule has 2 aromatic rings. The number of nitrogens with one attached hydrogen (secondary N) is 1. The number of carbonyl (C=O) groups excluding carboxylic acids is 2. The number of hydrogen-bond donors (Lipinski definition) is 1. The van der Waals surface area contributed by atoms with Crippen LogP contribution < -0.4 is 9.62 Å². The third-order valence-corrected chi connectivity index (χ3v) is 7.09. The third kappa shape index (κ3) is 7.21. The third-order valence-electron chi connectivity index (χ3n) is 4.94. The van der Waals surface area contributed by atoms with Crippen LogP contribution in [0, 0.1) is 5.82 Å². The first-order chi connectivity index (χ1) is 15.9. The smallest absolute Gasteiger partial charge is 0.244 e. The van der Waals surface area contributed by atoms with Crippen molar-refractivity contribution in [2.24, 2.45) is 0 Å². The van der Waals surface area contributed by atoms with Crippen LogP contribution in [0.5, 0.6) is 0 Å². The van der Waals surface area contributed by atoms with Gasteiger partial charge in [-0.05, 0) is 43.2 Å². The highest BCUT2D eigenvalue weighted by molar-refractivity contribution is 7.92. The van der Waals surface area contributed by atoms with Gasteiger partial charge in [0.25, 0.3) is 0 Å². The molecule has 0 heterocycles. The van der Waals surface area contributed by atoms with Crippen LogP contribution in [-0.4, -0.2) is 50.5 Å².